The molecule has 2 saturated heterocycles. The highest BCUT2D eigenvalue weighted by Crippen LogP contribution is 2.41. The second-order valence-corrected chi connectivity index (χ2v) is 19.5. The number of nitrogens with zero attached hydrogens (tertiary/aromatic N) is 2. The van der Waals surface area contributed by atoms with Crippen LogP contribution in [0.4, 0.5) is 22.7 Å². The van der Waals surface area contributed by atoms with Crippen LogP contribution in [0.1, 0.15) is 37.1 Å². The van der Waals surface area contributed by atoms with E-state index in [4.69, 9.17) is 42.1 Å². The number of methoxy groups -OCH3 is 4. The minimum Gasteiger partial charge on any atom is -1.00 e. The maximum atomic E-state index is 12.4. The molecule has 2 aliphatic rings. The normalized spacial score (nSPS) is 15.3. The molecule has 6 rings (SSSR count). The van der Waals surface area contributed by atoms with Crippen molar-refractivity contribution in [2.75, 3.05) is 114 Å². The average Bonchev–Trinajstić information content (AvgIpc) is 3.22. The molecule has 5 N–H and O–H groups in total. The number of hydrogen-bond acceptors (Lipinski definition) is 13. The molecular weight excluding hydrogens is 887 g/mol. The number of benzene rings is 4. The highest BCUT2D eigenvalue weighted by molar-refractivity contribution is 7.91. The topological polar surface area (TPSA) is 164 Å². The van der Waals surface area contributed by atoms with Crippen molar-refractivity contribution in [2.24, 2.45) is 0 Å². The van der Waals surface area contributed by atoms with Crippen molar-refractivity contribution in [1.82, 2.24) is 5.32 Å². The van der Waals surface area contributed by atoms with Crippen LogP contribution < -0.4 is 62.4 Å². The van der Waals surface area contributed by atoms with E-state index in [0.717, 1.165) is 74.9 Å². The fourth-order valence-corrected chi connectivity index (χ4v) is 9.51. The second kappa shape index (κ2) is 21.9. The standard InChI is InChI=1S/2C21H28ClN3O4S.ClH/c2*1-14(17-11-15(22)12-19(28-2)21(17)29-3)24-18-13-16(25-9-7-23-8-10-25)5-6-20(18)30(4,26)27;/h2*5-6,11-14,23-24H,7-10H2,1-4H3;1H. The molecule has 19 heteroatoms. The number of anilines is 4. The number of sulfone groups is 2. The predicted molar refractivity (Wildman–Crippen MR) is 241 cm³/mol. The second-order valence-electron chi connectivity index (χ2n) is 14.7. The first kappa shape index (κ1) is 49.6. The van der Waals surface area contributed by atoms with Crippen molar-refractivity contribution in [3.05, 3.63) is 81.8 Å². The molecule has 14 nitrogen and oxygen atoms in total. The predicted octanol–water partition coefficient (Wildman–Crippen LogP) is 2.66. The van der Waals surface area contributed by atoms with Crippen LogP contribution >= 0.6 is 23.2 Å². The zero-order valence-electron chi connectivity index (χ0n) is 35.8. The summed E-state index contributed by atoms with van der Waals surface area (Å²) in [6.07, 6.45) is 2.43. The van der Waals surface area contributed by atoms with Gasteiger partial charge in [-0.05, 0) is 62.4 Å². The summed E-state index contributed by atoms with van der Waals surface area (Å²) < 4.78 is 71.5. The monoisotopic (exact) mass is 942 g/mol. The third-order valence-electron chi connectivity index (χ3n) is 10.4. The van der Waals surface area contributed by atoms with E-state index in [0.29, 0.717) is 44.4 Å². The molecule has 0 saturated carbocycles. The van der Waals surface area contributed by atoms with Crippen molar-refractivity contribution in [3.63, 3.8) is 0 Å². The van der Waals surface area contributed by atoms with Crippen LogP contribution in [0, 0.1) is 0 Å². The molecule has 0 amide bonds. The fourth-order valence-electron chi connectivity index (χ4n) is 7.42. The number of quaternary nitrogens is 1. The van der Waals surface area contributed by atoms with Gasteiger partial charge in [0.2, 0.25) is 0 Å². The summed E-state index contributed by atoms with van der Waals surface area (Å²) >= 11 is 12.5. The van der Waals surface area contributed by atoms with Crippen molar-refractivity contribution in [2.45, 2.75) is 35.7 Å². The smallest absolute Gasteiger partial charge is 0.177 e. The molecule has 4 aromatic carbocycles. The average molecular weight is 944 g/mol. The molecule has 0 spiro atoms. The minimum atomic E-state index is -3.42. The van der Waals surface area contributed by atoms with Crippen LogP contribution in [0.15, 0.2) is 70.5 Å². The van der Waals surface area contributed by atoms with Crippen molar-refractivity contribution >= 4 is 65.6 Å². The van der Waals surface area contributed by atoms with Gasteiger partial charge in [-0.2, -0.15) is 0 Å². The highest BCUT2D eigenvalue weighted by Gasteiger charge is 2.24. The van der Waals surface area contributed by atoms with E-state index in [2.05, 4.69) is 31.1 Å². The number of ether oxygens (including phenoxy) is 4. The summed E-state index contributed by atoms with van der Waals surface area (Å²) in [5.41, 5.74) is 4.63. The van der Waals surface area contributed by atoms with Crippen LogP contribution in [0.3, 0.4) is 0 Å². The molecule has 0 radical (unpaired) electrons. The molecule has 2 fully saturated rings. The SMILES string of the molecule is COc1cc(Cl)cc(C(C)Nc2cc(N3CCNCC3)ccc2S(C)(=O)=O)c1OC.COc1cc(Cl)cc(C(C)Nc2cc(N3CC[NH2+]CC3)ccc2S(C)(=O)=O)c1OC.[Cl-]. The van der Waals surface area contributed by atoms with Gasteiger partial charge < -0.3 is 62.4 Å². The van der Waals surface area contributed by atoms with Crippen LogP contribution in [0.25, 0.3) is 0 Å². The Morgan fingerprint density at radius 3 is 1.38 bits per heavy atom. The molecule has 336 valence electrons. The van der Waals surface area contributed by atoms with E-state index in [1.54, 1.807) is 64.8 Å². The lowest BCUT2D eigenvalue weighted by Gasteiger charge is -2.30. The van der Waals surface area contributed by atoms with E-state index >= 15 is 0 Å². The van der Waals surface area contributed by atoms with Gasteiger partial charge in [0, 0.05) is 83.4 Å². The third kappa shape index (κ3) is 12.6. The highest BCUT2D eigenvalue weighted by atomic mass is 35.5. The Kier molecular flexibility index (Phi) is 17.8. The Morgan fingerprint density at radius 1 is 0.623 bits per heavy atom. The van der Waals surface area contributed by atoms with Crippen LogP contribution in [0.2, 0.25) is 10.0 Å². The molecule has 0 aromatic heterocycles. The lowest BCUT2D eigenvalue weighted by molar-refractivity contribution is -0.655. The number of rotatable bonds is 14. The number of halogens is 3. The molecule has 0 bridgehead atoms. The van der Waals surface area contributed by atoms with E-state index in [9.17, 15) is 16.8 Å². The number of hydrogen-bond donors (Lipinski definition) is 4. The van der Waals surface area contributed by atoms with Crippen LogP contribution in [-0.4, -0.2) is 110 Å². The van der Waals surface area contributed by atoms with Gasteiger partial charge in [-0.15, -0.1) is 0 Å². The Balaban J connectivity index is 0.000000264. The number of nitrogens with one attached hydrogen (secondary N) is 3. The maximum absolute atomic E-state index is 12.4. The summed E-state index contributed by atoms with van der Waals surface area (Å²) in [6.45, 7) is 11.3. The summed E-state index contributed by atoms with van der Waals surface area (Å²) in [7, 11) is -0.600. The first-order valence-electron chi connectivity index (χ1n) is 19.5. The van der Waals surface area contributed by atoms with Gasteiger partial charge in [0.25, 0.3) is 0 Å². The molecule has 2 aliphatic heterocycles. The number of nitrogens with two attached hydrogens (primary N) is 1. The molecular formula is C42H57Cl3N6O8S2. The molecule has 61 heavy (non-hydrogen) atoms. The Bertz CT molecular complexity index is 2180. The minimum absolute atomic E-state index is 0. The van der Waals surface area contributed by atoms with Crippen molar-refractivity contribution in [3.8, 4) is 23.0 Å². The Hall–Kier alpha value is -4.03. The van der Waals surface area contributed by atoms with Gasteiger partial charge in [0.1, 0.15) is 0 Å². The molecule has 4 aromatic rings. The Morgan fingerprint density at radius 2 is 1.02 bits per heavy atom. The Labute approximate surface area is 376 Å². The molecule has 2 unspecified atom stereocenters. The van der Waals surface area contributed by atoms with Gasteiger partial charge in [-0.1, -0.05) is 23.2 Å². The van der Waals surface area contributed by atoms with E-state index < -0.39 is 19.7 Å². The van der Waals surface area contributed by atoms with E-state index in [-0.39, 0.29) is 34.3 Å². The summed E-state index contributed by atoms with van der Waals surface area (Å²) in [5, 5.41) is 13.3. The van der Waals surface area contributed by atoms with Gasteiger partial charge >= 0.3 is 0 Å². The third-order valence-corrected chi connectivity index (χ3v) is 13.1. The first-order chi connectivity index (χ1) is 28.5. The quantitative estimate of drug-likeness (QED) is 0.146. The van der Waals surface area contributed by atoms with Crippen LogP contribution in [-0.2, 0) is 19.7 Å². The number of piperazine rings is 2. The summed E-state index contributed by atoms with van der Waals surface area (Å²) in [5.74, 6) is 2.16. The lowest BCUT2D eigenvalue weighted by Crippen LogP contribution is -3.00. The first-order valence-corrected chi connectivity index (χ1v) is 24.1. The fraction of sp³-hybridized carbons (Fsp3) is 0.429. The van der Waals surface area contributed by atoms with Crippen LogP contribution in [0.5, 0.6) is 23.0 Å². The summed E-state index contributed by atoms with van der Waals surface area (Å²) in [6, 6.07) is 17.3. The van der Waals surface area contributed by atoms with Crippen molar-refractivity contribution in [1.29, 1.82) is 0 Å². The zero-order valence-corrected chi connectivity index (χ0v) is 39.7. The van der Waals surface area contributed by atoms with Gasteiger partial charge in [-0.25, -0.2) is 16.8 Å². The summed E-state index contributed by atoms with van der Waals surface area (Å²) in [4.78, 5) is 5.02. The zero-order chi connectivity index (χ0) is 43.8. The molecule has 2 heterocycles. The van der Waals surface area contributed by atoms with E-state index in [1.807, 2.05) is 38.1 Å². The van der Waals surface area contributed by atoms with Gasteiger partial charge in [-0.3, -0.25) is 0 Å². The van der Waals surface area contributed by atoms with E-state index in [1.165, 1.54) is 12.5 Å². The van der Waals surface area contributed by atoms with Crippen molar-refractivity contribution < 1.29 is 53.5 Å². The lowest BCUT2D eigenvalue weighted by atomic mass is 10.1. The molecule has 2 atom stereocenters. The molecule has 0 aliphatic carbocycles. The van der Waals surface area contributed by atoms with Gasteiger partial charge in [0.15, 0.2) is 42.7 Å². The largest absolute Gasteiger partial charge is 1.00 e. The van der Waals surface area contributed by atoms with Gasteiger partial charge in [0.05, 0.1) is 87.9 Å². The maximum Gasteiger partial charge on any atom is 0.177 e.